The van der Waals surface area contributed by atoms with Gasteiger partial charge in [-0.25, -0.2) is 0 Å². The maximum atomic E-state index is 12.0. The summed E-state index contributed by atoms with van der Waals surface area (Å²) in [6.07, 6.45) is 2.34. The molecule has 5 heteroatoms. The van der Waals surface area contributed by atoms with E-state index in [-0.39, 0.29) is 5.91 Å². The summed E-state index contributed by atoms with van der Waals surface area (Å²) >= 11 is 5.83. The first-order valence-electron chi connectivity index (χ1n) is 7.66. The van der Waals surface area contributed by atoms with Crippen LogP contribution < -0.4 is 10.6 Å². The molecule has 1 saturated heterocycles. The maximum Gasteiger partial charge on any atom is 0.238 e. The van der Waals surface area contributed by atoms with Gasteiger partial charge in [0.25, 0.3) is 0 Å². The summed E-state index contributed by atoms with van der Waals surface area (Å²) in [5.41, 5.74) is 0.798. The molecule has 0 spiro atoms. The Kier molecular flexibility index (Phi) is 6.49. The predicted molar refractivity (Wildman–Crippen MR) is 87.8 cm³/mol. The molecular formula is C16H24ClN3O. The highest BCUT2D eigenvalue weighted by Crippen LogP contribution is 2.17. The lowest BCUT2D eigenvalue weighted by molar-refractivity contribution is -0.117. The molecule has 1 amide bonds. The summed E-state index contributed by atoms with van der Waals surface area (Å²) in [6, 6.07) is 7.21. The van der Waals surface area contributed by atoms with Crippen LogP contribution in [0.1, 0.15) is 19.8 Å². The zero-order valence-electron chi connectivity index (χ0n) is 12.6. The van der Waals surface area contributed by atoms with Crippen LogP contribution in [0.15, 0.2) is 24.3 Å². The lowest BCUT2D eigenvalue weighted by atomic mass is 9.97. The number of hydrogen-bond donors (Lipinski definition) is 2. The van der Waals surface area contributed by atoms with Crippen LogP contribution in [0.4, 0.5) is 5.69 Å². The zero-order chi connectivity index (χ0) is 15.1. The van der Waals surface area contributed by atoms with E-state index < -0.39 is 0 Å². The van der Waals surface area contributed by atoms with Gasteiger partial charge in [-0.3, -0.25) is 9.69 Å². The Morgan fingerprint density at radius 2 is 1.95 bits per heavy atom. The summed E-state index contributed by atoms with van der Waals surface area (Å²) in [6.45, 7) is 6.74. The maximum absolute atomic E-state index is 12.0. The van der Waals surface area contributed by atoms with E-state index in [1.54, 1.807) is 12.1 Å². The number of nitrogens with zero attached hydrogens (tertiary/aromatic N) is 1. The molecule has 0 bridgehead atoms. The second kappa shape index (κ2) is 8.37. The van der Waals surface area contributed by atoms with Crippen molar-refractivity contribution < 1.29 is 4.79 Å². The fraction of sp³-hybridized carbons (Fsp3) is 0.562. The first-order chi connectivity index (χ1) is 10.2. The summed E-state index contributed by atoms with van der Waals surface area (Å²) in [7, 11) is 0. The number of carbonyl (C=O) groups is 1. The van der Waals surface area contributed by atoms with Crippen LogP contribution >= 0.6 is 11.6 Å². The number of rotatable bonds is 6. The van der Waals surface area contributed by atoms with Crippen molar-refractivity contribution in [1.29, 1.82) is 0 Å². The number of amides is 1. The lowest BCUT2D eigenvalue weighted by Gasteiger charge is -2.31. The third-order valence-electron chi connectivity index (χ3n) is 3.89. The number of halogens is 1. The van der Waals surface area contributed by atoms with Gasteiger partial charge in [0.2, 0.25) is 5.91 Å². The summed E-state index contributed by atoms with van der Waals surface area (Å²) in [5, 5.41) is 6.99. The number of likely N-dealkylation sites (tertiary alicyclic amines) is 1. The van der Waals surface area contributed by atoms with Crippen molar-refractivity contribution in [2.45, 2.75) is 19.8 Å². The van der Waals surface area contributed by atoms with Gasteiger partial charge >= 0.3 is 0 Å². The van der Waals surface area contributed by atoms with Crippen LogP contribution in [0.25, 0.3) is 0 Å². The van der Waals surface area contributed by atoms with E-state index in [4.69, 9.17) is 11.6 Å². The topological polar surface area (TPSA) is 44.4 Å². The number of nitrogens with one attached hydrogen (secondary N) is 2. The van der Waals surface area contributed by atoms with Crippen LogP contribution in [-0.2, 0) is 4.79 Å². The third-order valence-corrected chi connectivity index (χ3v) is 4.14. The molecule has 1 aliphatic heterocycles. The Morgan fingerprint density at radius 3 is 2.57 bits per heavy atom. The van der Waals surface area contributed by atoms with Crippen LogP contribution in [0.3, 0.4) is 0 Å². The van der Waals surface area contributed by atoms with Gasteiger partial charge in [-0.05, 0) is 69.2 Å². The molecular weight excluding hydrogens is 286 g/mol. The van der Waals surface area contributed by atoms with Gasteiger partial charge in [0, 0.05) is 10.7 Å². The predicted octanol–water partition coefficient (Wildman–Crippen LogP) is 2.60. The molecule has 21 heavy (non-hydrogen) atoms. The standard InChI is InChI=1S/C16H24ClN3O/c1-2-18-11-13-7-9-20(10-8-13)12-16(21)19-15-5-3-14(17)4-6-15/h3-6,13,18H,2,7-12H2,1H3,(H,19,21). The average molecular weight is 310 g/mol. The number of anilines is 1. The molecule has 0 aliphatic carbocycles. The molecule has 1 heterocycles. The number of piperidine rings is 1. The van der Waals surface area contributed by atoms with Gasteiger partial charge in [0.15, 0.2) is 0 Å². The lowest BCUT2D eigenvalue weighted by Crippen LogP contribution is -2.41. The second-order valence-corrected chi connectivity index (χ2v) is 6.02. The highest BCUT2D eigenvalue weighted by Gasteiger charge is 2.20. The molecule has 1 aliphatic rings. The molecule has 1 aromatic rings. The largest absolute Gasteiger partial charge is 0.325 e. The van der Waals surface area contributed by atoms with Crippen molar-refractivity contribution >= 4 is 23.2 Å². The van der Waals surface area contributed by atoms with Crippen LogP contribution in [0.2, 0.25) is 5.02 Å². The van der Waals surface area contributed by atoms with Gasteiger partial charge in [-0.1, -0.05) is 18.5 Å². The Labute approximate surface area is 131 Å². The Morgan fingerprint density at radius 1 is 1.29 bits per heavy atom. The quantitative estimate of drug-likeness (QED) is 0.849. The molecule has 116 valence electrons. The van der Waals surface area contributed by atoms with Crippen molar-refractivity contribution in [1.82, 2.24) is 10.2 Å². The highest BCUT2D eigenvalue weighted by molar-refractivity contribution is 6.30. The molecule has 2 N–H and O–H groups in total. The minimum atomic E-state index is 0.0439. The fourth-order valence-electron chi connectivity index (χ4n) is 2.63. The van der Waals surface area contributed by atoms with E-state index in [0.29, 0.717) is 11.6 Å². The van der Waals surface area contributed by atoms with E-state index in [1.807, 2.05) is 12.1 Å². The Balaban J connectivity index is 1.70. The first kappa shape index (κ1) is 16.3. The SMILES string of the molecule is CCNCC1CCN(CC(=O)Nc2ccc(Cl)cc2)CC1. The molecule has 1 aromatic carbocycles. The fourth-order valence-corrected chi connectivity index (χ4v) is 2.76. The zero-order valence-corrected chi connectivity index (χ0v) is 13.3. The van der Waals surface area contributed by atoms with Crippen molar-refractivity contribution in [3.8, 4) is 0 Å². The molecule has 1 fully saturated rings. The van der Waals surface area contributed by atoms with E-state index in [9.17, 15) is 4.79 Å². The number of carbonyl (C=O) groups excluding carboxylic acids is 1. The highest BCUT2D eigenvalue weighted by atomic mass is 35.5. The van der Waals surface area contributed by atoms with Gasteiger partial charge in [0.1, 0.15) is 0 Å². The molecule has 0 radical (unpaired) electrons. The first-order valence-corrected chi connectivity index (χ1v) is 8.03. The van der Waals surface area contributed by atoms with Crippen LogP contribution in [0, 0.1) is 5.92 Å². The normalized spacial score (nSPS) is 16.9. The van der Waals surface area contributed by atoms with Gasteiger partial charge < -0.3 is 10.6 Å². The average Bonchev–Trinajstić information content (AvgIpc) is 2.49. The summed E-state index contributed by atoms with van der Waals surface area (Å²) in [4.78, 5) is 14.3. The molecule has 0 atom stereocenters. The van der Waals surface area contributed by atoms with Crippen LogP contribution in [0.5, 0.6) is 0 Å². The van der Waals surface area contributed by atoms with E-state index >= 15 is 0 Å². The number of benzene rings is 1. The van der Waals surface area contributed by atoms with Crippen molar-refractivity contribution in [2.75, 3.05) is 38.0 Å². The molecule has 0 unspecified atom stereocenters. The van der Waals surface area contributed by atoms with Gasteiger partial charge in [-0.15, -0.1) is 0 Å². The van der Waals surface area contributed by atoms with Gasteiger partial charge in [-0.2, -0.15) is 0 Å². The minimum absolute atomic E-state index is 0.0439. The van der Waals surface area contributed by atoms with Crippen molar-refractivity contribution in [3.05, 3.63) is 29.3 Å². The monoisotopic (exact) mass is 309 g/mol. The van der Waals surface area contributed by atoms with E-state index in [1.165, 1.54) is 12.8 Å². The van der Waals surface area contributed by atoms with Crippen molar-refractivity contribution in [2.24, 2.45) is 5.92 Å². The molecule has 0 aromatic heterocycles. The Bertz CT molecular complexity index is 441. The third kappa shape index (κ3) is 5.65. The molecule has 2 rings (SSSR count). The molecule has 0 saturated carbocycles. The number of hydrogen-bond acceptors (Lipinski definition) is 3. The van der Waals surface area contributed by atoms with Gasteiger partial charge in [0.05, 0.1) is 6.54 Å². The van der Waals surface area contributed by atoms with E-state index in [0.717, 1.165) is 37.8 Å². The molecule has 4 nitrogen and oxygen atoms in total. The second-order valence-electron chi connectivity index (χ2n) is 5.58. The smallest absolute Gasteiger partial charge is 0.238 e. The summed E-state index contributed by atoms with van der Waals surface area (Å²) in [5.74, 6) is 0.794. The Hall–Kier alpha value is -1.10. The van der Waals surface area contributed by atoms with Crippen LogP contribution in [-0.4, -0.2) is 43.5 Å². The van der Waals surface area contributed by atoms with E-state index in [2.05, 4.69) is 22.5 Å². The minimum Gasteiger partial charge on any atom is -0.325 e. The van der Waals surface area contributed by atoms with Crippen molar-refractivity contribution in [3.63, 3.8) is 0 Å². The summed E-state index contributed by atoms with van der Waals surface area (Å²) < 4.78 is 0.